The van der Waals surface area contributed by atoms with Crippen molar-refractivity contribution in [3.05, 3.63) is 25.3 Å². The second kappa shape index (κ2) is 9.46. The molecule has 3 fully saturated rings. The van der Waals surface area contributed by atoms with E-state index in [0.29, 0.717) is 25.9 Å². The van der Waals surface area contributed by atoms with Gasteiger partial charge in [0, 0.05) is 25.7 Å². The summed E-state index contributed by atoms with van der Waals surface area (Å²) in [4.78, 5) is 46.6. The predicted octanol–water partition coefficient (Wildman–Crippen LogP) is 1.84. The number of aliphatic hydroxyl groups excluding tert-OH is 1. The summed E-state index contributed by atoms with van der Waals surface area (Å²) < 4.78 is 6.50. The first-order valence-electron chi connectivity index (χ1n) is 12.3. The quantitative estimate of drug-likeness (QED) is 0.514. The number of likely N-dealkylation sites (N-methyl/N-ethyl adjacent to an activating group) is 1. The summed E-state index contributed by atoms with van der Waals surface area (Å²) in [7, 11) is 1.69. The highest BCUT2D eigenvalue weighted by molar-refractivity contribution is 5.99. The van der Waals surface area contributed by atoms with Crippen molar-refractivity contribution < 1.29 is 24.2 Å². The summed E-state index contributed by atoms with van der Waals surface area (Å²) in [6.45, 7) is 17.6. The number of carbonyl (C=O) groups is 3. The van der Waals surface area contributed by atoms with Crippen LogP contribution in [-0.2, 0) is 19.1 Å². The molecule has 8 heteroatoms. The fourth-order valence-electron chi connectivity index (χ4n) is 6.14. The number of fused-ring (bicyclic) bond motifs is 1. The van der Waals surface area contributed by atoms with E-state index in [1.54, 1.807) is 33.9 Å². The van der Waals surface area contributed by atoms with E-state index in [1.807, 2.05) is 34.6 Å². The Hall–Kier alpha value is -2.19. The first-order chi connectivity index (χ1) is 15.9. The molecule has 2 unspecified atom stereocenters. The Kier molecular flexibility index (Phi) is 7.35. The third kappa shape index (κ3) is 3.98. The molecule has 1 spiro atoms. The summed E-state index contributed by atoms with van der Waals surface area (Å²) in [6.07, 6.45) is 4.06. The molecule has 1 N–H and O–H groups in total. The van der Waals surface area contributed by atoms with E-state index < -0.39 is 41.2 Å². The lowest BCUT2D eigenvalue weighted by Gasteiger charge is -2.44. The normalized spacial score (nSPS) is 30.9. The van der Waals surface area contributed by atoms with Gasteiger partial charge < -0.3 is 24.5 Å². The molecule has 190 valence electrons. The molecule has 0 aliphatic carbocycles. The zero-order chi connectivity index (χ0) is 25.6. The van der Waals surface area contributed by atoms with Crippen LogP contribution in [0, 0.1) is 17.8 Å². The van der Waals surface area contributed by atoms with Crippen LogP contribution >= 0.6 is 0 Å². The van der Waals surface area contributed by atoms with Crippen molar-refractivity contribution in [1.82, 2.24) is 14.7 Å². The van der Waals surface area contributed by atoms with E-state index >= 15 is 0 Å². The van der Waals surface area contributed by atoms with E-state index in [-0.39, 0.29) is 30.2 Å². The number of aliphatic hydroxyl groups is 1. The van der Waals surface area contributed by atoms with Crippen LogP contribution in [-0.4, -0.2) is 93.6 Å². The molecular weight excluding hydrogens is 434 g/mol. The fraction of sp³-hybridized carbons (Fsp3) is 0.731. The van der Waals surface area contributed by atoms with Crippen molar-refractivity contribution in [1.29, 1.82) is 0 Å². The van der Waals surface area contributed by atoms with Crippen LogP contribution in [0.2, 0.25) is 0 Å². The smallest absolute Gasteiger partial charge is 0.249 e. The number of rotatable bonds is 9. The van der Waals surface area contributed by atoms with Crippen molar-refractivity contribution in [2.75, 3.05) is 26.7 Å². The third-order valence-electron chi connectivity index (χ3n) is 7.74. The van der Waals surface area contributed by atoms with Crippen LogP contribution in [0.1, 0.15) is 47.5 Å². The SMILES string of the molecule is C=CCN(C)C(=O)[C@@H]1[C@@H]2CCC3(O2)C(C(=O)N(CC=C)C(C)(C)C)N([C@@H](CO)C(C)C)C(=O)[C@H]13. The lowest BCUT2D eigenvalue weighted by atomic mass is 9.70. The van der Waals surface area contributed by atoms with Gasteiger partial charge >= 0.3 is 0 Å². The molecule has 0 aromatic carbocycles. The molecule has 3 aliphatic heterocycles. The lowest BCUT2D eigenvalue weighted by Crippen LogP contribution is -2.62. The molecule has 3 saturated heterocycles. The van der Waals surface area contributed by atoms with Crippen molar-refractivity contribution in [2.24, 2.45) is 17.8 Å². The van der Waals surface area contributed by atoms with E-state index in [1.165, 1.54) is 0 Å². The first-order valence-corrected chi connectivity index (χ1v) is 12.3. The predicted molar refractivity (Wildman–Crippen MR) is 130 cm³/mol. The topological polar surface area (TPSA) is 90.4 Å². The zero-order valence-electron chi connectivity index (χ0n) is 21.5. The summed E-state index contributed by atoms with van der Waals surface area (Å²) >= 11 is 0. The van der Waals surface area contributed by atoms with E-state index in [0.717, 1.165) is 0 Å². The number of hydrogen-bond acceptors (Lipinski definition) is 5. The molecule has 3 aliphatic rings. The largest absolute Gasteiger partial charge is 0.394 e. The molecule has 34 heavy (non-hydrogen) atoms. The summed E-state index contributed by atoms with van der Waals surface area (Å²) in [5.74, 6) is -2.15. The van der Waals surface area contributed by atoms with Gasteiger partial charge in [-0.15, -0.1) is 13.2 Å². The Bertz CT molecular complexity index is 850. The molecule has 8 nitrogen and oxygen atoms in total. The molecule has 3 heterocycles. The van der Waals surface area contributed by atoms with Gasteiger partial charge in [-0.1, -0.05) is 26.0 Å². The van der Waals surface area contributed by atoms with Crippen LogP contribution in [0.5, 0.6) is 0 Å². The molecule has 0 aromatic rings. The zero-order valence-corrected chi connectivity index (χ0v) is 21.5. The fourth-order valence-corrected chi connectivity index (χ4v) is 6.14. The summed E-state index contributed by atoms with van der Waals surface area (Å²) in [6, 6.07) is -1.47. The first kappa shape index (κ1) is 26.4. The van der Waals surface area contributed by atoms with Crippen LogP contribution in [0.4, 0.5) is 0 Å². The van der Waals surface area contributed by atoms with E-state index in [4.69, 9.17) is 4.74 Å². The Morgan fingerprint density at radius 2 is 1.85 bits per heavy atom. The molecule has 0 saturated carbocycles. The van der Waals surface area contributed by atoms with Gasteiger partial charge in [0.25, 0.3) is 0 Å². The van der Waals surface area contributed by atoms with Gasteiger partial charge in [-0.25, -0.2) is 0 Å². The minimum absolute atomic E-state index is 0.0863. The average Bonchev–Trinajstić information content (AvgIpc) is 3.38. The minimum atomic E-state index is -1.08. The lowest BCUT2D eigenvalue weighted by molar-refractivity contribution is -0.155. The maximum absolute atomic E-state index is 14.2. The van der Waals surface area contributed by atoms with Crippen LogP contribution < -0.4 is 0 Å². The maximum atomic E-state index is 14.2. The summed E-state index contributed by atoms with van der Waals surface area (Å²) in [5.41, 5.74) is -1.60. The van der Waals surface area contributed by atoms with Gasteiger partial charge in [0.05, 0.1) is 30.6 Å². The van der Waals surface area contributed by atoms with Gasteiger partial charge in [-0.05, 0) is 39.5 Å². The monoisotopic (exact) mass is 475 g/mol. The van der Waals surface area contributed by atoms with Crippen molar-refractivity contribution in [3.8, 4) is 0 Å². The highest BCUT2D eigenvalue weighted by Crippen LogP contribution is 2.59. The highest BCUT2D eigenvalue weighted by Gasteiger charge is 2.75. The minimum Gasteiger partial charge on any atom is -0.394 e. The number of ether oxygens (including phenoxy) is 1. The van der Waals surface area contributed by atoms with Crippen LogP contribution in [0.25, 0.3) is 0 Å². The maximum Gasteiger partial charge on any atom is 0.249 e. The van der Waals surface area contributed by atoms with Crippen molar-refractivity contribution in [2.45, 2.75) is 76.8 Å². The molecule has 0 aromatic heterocycles. The molecule has 3 amide bonds. The molecule has 3 rings (SSSR count). The number of nitrogens with zero attached hydrogens (tertiary/aromatic N) is 3. The standard InChI is InChI=1S/C26H41N3O5/c1-9-13-27(8)22(31)19-18-11-12-26(34-18)20(19)23(32)29(17(15-30)16(3)4)21(26)24(33)28(14-10-2)25(5,6)7/h9-10,16-21,30H,1-2,11-15H2,3-8H3/t17-,18-,19+,20-,21?,26?/m0/s1. The highest BCUT2D eigenvalue weighted by atomic mass is 16.5. The van der Waals surface area contributed by atoms with E-state index in [9.17, 15) is 19.5 Å². The van der Waals surface area contributed by atoms with Crippen molar-refractivity contribution in [3.63, 3.8) is 0 Å². The molecule has 2 bridgehead atoms. The Labute approximate surface area is 203 Å². The van der Waals surface area contributed by atoms with Gasteiger partial charge in [-0.2, -0.15) is 0 Å². The Balaban J connectivity index is 2.14. The number of amides is 3. The number of carbonyl (C=O) groups excluding carboxylic acids is 3. The molecule has 0 radical (unpaired) electrons. The van der Waals surface area contributed by atoms with Gasteiger partial charge in [0.15, 0.2) is 0 Å². The second-order valence-corrected chi connectivity index (χ2v) is 11.2. The van der Waals surface area contributed by atoms with Gasteiger partial charge in [0.1, 0.15) is 11.6 Å². The van der Waals surface area contributed by atoms with Crippen LogP contribution in [0.15, 0.2) is 25.3 Å². The molecular formula is C26H41N3O5. The number of likely N-dealkylation sites (tertiary alicyclic amines) is 1. The number of hydrogen-bond donors (Lipinski definition) is 1. The van der Waals surface area contributed by atoms with Crippen molar-refractivity contribution >= 4 is 17.7 Å². The van der Waals surface area contributed by atoms with Gasteiger partial charge in [0.2, 0.25) is 17.7 Å². The van der Waals surface area contributed by atoms with Gasteiger partial charge in [-0.3, -0.25) is 14.4 Å². The summed E-state index contributed by atoms with van der Waals surface area (Å²) in [5, 5.41) is 10.3. The third-order valence-corrected chi connectivity index (χ3v) is 7.74. The van der Waals surface area contributed by atoms with Crippen LogP contribution in [0.3, 0.4) is 0 Å². The Morgan fingerprint density at radius 3 is 2.35 bits per heavy atom. The Morgan fingerprint density at radius 1 is 1.24 bits per heavy atom. The molecule has 6 atom stereocenters. The van der Waals surface area contributed by atoms with E-state index in [2.05, 4.69) is 13.2 Å². The average molecular weight is 476 g/mol. The second-order valence-electron chi connectivity index (χ2n) is 11.2.